The number of Topliss-reactive ketones (excluding diaryl/α,β-unsaturated/α-hetero) is 1. The monoisotopic (exact) mass is 419 g/mol. The van der Waals surface area contributed by atoms with Gasteiger partial charge in [-0.05, 0) is 49.4 Å². The fourth-order valence-electron chi connectivity index (χ4n) is 3.89. The number of aryl methyl sites for hydroxylation is 3. The third-order valence-corrected chi connectivity index (χ3v) is 5.49. The summed E-state index contributed by atoms with van der Waals surface area (Å²) in [6, 6.07) is 14.2. The number of carbonyl (C=O) groups is 2. The molecule has 1 atom stereocenters. The molecular weight excluding hydrogens is 397 g/mol. The summed E-state index contributed by atoms with van der Waals surface area (Å²) in [6.45, 7) is 1.85. The number of fused-ring (bicyclic) bond motifs is 1. The standard InChI is InChI=1S/C23H22BNO6/c1-14-10-19(25-31-14)9-8-15-4-2-5-16(11-15)21(26)13-18-12-17-6-3-7-20(23(27)28)22(17)30-24(18)29/h2-7,10-11,18,29H,8-9,12-13H2,1H3,(H,27,28)/t18-/m1/s1. The number of carbonyl (C=O) groups excluding carboxylic acids is 1. The first-order chi connectivity index (χ1) is 14.9. The number of carboxylic acid groups (broad SMARTS) is 1. The Morgan fingerprint density at radius 1 is 1.16 bits per heavy atom. The minimum absolute atomic E-state index is 0.0105. The Balaban J connectivity index is 1.43. The summed E-state index contributed by atoms with van der Waals surface area (Å²) in [6.07, 6.45) is 1.92. The van der Waals surface area contributed by atoms with Crippen LogP contribution in [0.15, 0.2) is 53.1 Å². The van der Waals surface area contributed by atoms with Crippen molar-refractivity contribution >= 4 is 18.9 Å². The number of aromatic carboxylic acids is 1. The molecule has 0 aliphatic carbocycles. The molecule has 0 bridgehead atoms. The normalized spacial score (nSPS) is 15.3. The van der Waals surface area contributed by atoms with Crippen molar-refractivity contribution in [3.63, 3.8) is 0 Å². The highest BCUT2D eigenvalue weighted by Crippen LogP contribution is 2.36. The molecule has 0 amide bonds. The van der Waals surface area contributed by atoms with E-state index in [0.717, 1.165) is 23.4 Å². The van der Waals surface area contributed by atoms with Crippen LogP contribution in [0.2, 0.25) is 5.82 Å². The van der Waals surface area contributed by atoms with Crippen LogP contribution in [0.25, 0.3) is 0 Å². The van der Waals surface area contributed by atoms with E-state index in [1.54, 1.807) is 18.2 Å². The molecule has 1 aromatic heterocycles. The summed E-state index contributed by atoms with van der Waals surface area (Å²) in [7, 11) is -1.24. The number of aromatic nitrogens is 1. The van der Waals surface area contributed by atoms with Crippen molar-refractivity contribution in [3.8, 4) is 5.75 Å². The maximum Gasteiger partial charge on any atom is 0.526 e. The molecule has 2 aromatic carbocycles. The Hall–Kier alpha value is -3.39. The molecule has 2 heterocycles. The molecule has 0 saturated carbocycles. The first-order valence-corrected chi connectivity index (χ1v) is 10.1. The SMILES string of the molecule is Cc1cc(CCc2cccc(C(=O)C[C@H]3Cc4cccc(C(=O)O)c4OB3O)c2)no1. The van der Waals surface area contributed by atoms with Gasteiger partial charge in [0.1, 0.15) is 11.5 Å². The van der Waals surface area contributed by atoms with Gasteiger partial charge in [-0.15, -0.1) is 0 Å². The van der Waals surface area contributed by atoms with Gasteiger partial charge in [-0.1, -0.05) is 35.5 Å². The van der Waals surface area contributed by atoms with Crippen LogP contribution >= 0.6 is 0 Å². The lowest BCUT2D eigenvalue weighted by Crippen LogP contribution is -2.35. The molecular formula is C23H22BNO6. The number of para-hydroxylation sites is 1. The lowest BCUT2D eigenvalue weighted by Gasteiger charge is -2.28. The Labute approximate surface area is 179 Å². The Bertz CT molecular complexity index is 1120. The molecule has 0 fully saturated rings. The number of carboxylic acids is 1. The fraction of sp³-hybridized carbons (Fsp3) is 0.261. The van der Waals surface area contributed by atoms with E-state index >= 15 is 0 Å². The van der Waals surface area contributed by atoms with Crippen molar-refractivity contribution in [2.45, 2.75) is 38.4 Å². The van der Waals surface area contributed by atoms with Gasteiger partial charge >= 0.3 is 13.1 Å². The quantitative estimate of drug-likeness (QED) is 0.445. The lowest BCUT2D eigenvalue weighted by atomic mass is 9.64. The van der Waals surface area contributed by atoms with Crippen molar-refractivity contribution in [1.29, 1.82) is 0 Å². The molecule has 4 rings (SSSR count). The summed E-state index contributed by atoms with van der Waals surface area (Å²) < 4.78 is 10.6. The van der Waals surface area contributed by atoms with E-state index in [0.29, 0.717) is 24.0 Å². The first-order valence-electron chi connectivity index (χ1n) is 10.1. The van der Waals surface area contributed by atoms with E-state index in [2.05, 4.69) is 5.16 Å². The van der Waals surface area contributed by atoms with Crippen molar-refractivity contribution in [1.82, 2.24) is 5.16 Å². The molecule has 0 radical (unpaired) electrons. The lowest BCUT2D eigenvalue weighted by molar-refractivity contribution is 0.0693. The number of ketones is 1. The molecule has 1 aliphatic heterocycles. The van der Waals surface area contributed by atoms with E-state index in [-0.39, 0.29) is 23.5 Å². The van der Waals surface area contributed by atoms with Gasteiger partial charge in [0.2, 0.25) is 0 Å². The molecule has 158 valence electrons. The minimum atomic E-state index is -1.24. The highest BCUT2D eigenvalue weighted by Gasteiger charge is 2.37. The number of rotatable bonds is 7. The second-order valence-electron chi connectivity index (χ2n) is 7.83. The molecule has 0 unspecified atom stereocenters. The average molecular weight is 419 g/mol. The second kappa shape index (κ2) is 8.77. The van der Waals surface area contributed by atoms with Gasteiger partial charge in [0.25, 0.3) is 0 Å². The molecule has 8 heteroatoms. The van der Waals surface area contributed by atoms with E-state index in [4.69, 9.17) is 9.18 Å². The van der Waals surface area contributed by atoms with Crippen LogP contribution < -0.4 is 4.65 Å². The fourth-order valence-corrected chi connectivity index (χ4v) is 3.89. The summed E-state index contributed by atoms with van der Waals surface area (Å²) in [5, 5.41) is 23.7. The van der Waals surface area contributed by atoms with Crippen LogP contribution in [0.4, 0.5) is 0 Å². The van der Waals surface area contributed by atoms with E-state index in [9.17, 15) is 19.7 Å². The smallest absolute Gasteiger partial charge is 0.526 e. The van der Waals surface area contributed by atoms with Crippen molar-refractivity contribution < 1.29 is 28.9 Å². The van der Waals surface area contributed by atoms with E-state index in [1.165, 1.54) is 6.07 Å². The van der Waals surface area contributed by atoms with Gasteiger partial charge in [0, 0.05) is 23.9 Å². The molecule has 3 aromatic rings. The highest BCUT2D eigenvalue weighted by atomic mass is 16.5. The molecule has 0 saturated heterocycles. The maximum absolute atomic E-state index is 12.9. The topological polar surface area (TPSA) is 110 Å². The Morgan fingerprint density at radius 3 is 2.71 bits per heavy atom. The van der Waals surface area contributed by atoms with Gasteiger partial charge in [-0.2, -0.15) is 0 Å². The minimum Gasteiger partial charge on any atom is -0.535 e. The number of hydrogen-bond donors (Lipinski definition) is 2. The van der Waals surface area contributed by atoms with Crippen LogP contribution in [0.3, 0.4) is 0 Å². The number of nitrogens with zero attached hydrogens (tertiary/aromatic N) is 1. The van der Waals surface area contributed by atoms with Gasteiger partial charge < -0.3 is 19.3 Å². The third-order valence-electron chi connectivity index (χ3n) is 5.49. The number of hydrogen-bond acceptors (Lipinski definition) is 6. The van der Waals surface area contributed by atoms with Gasteiger partial charge in [-0.3, -0.25) is 4.79 Å². The van der Waals surface area contributed by atoms with Crippen LogP contribution in [-0.4, -0.2) is 34.2 Å². The summed E-state index contributed by atoms with van der Waals surface area (Å²) >= 11 is 0. The molecule has 1 aliphatic rings. The van der Waals surface area contributed by atoms with Crippen molar-refractivity contribution in [2.24, 2.45) is 0 Å². The van der Waals surface area contributed by atoms with Gasteiger partial charge in [-0.25, -0.2) is 4.79 Å². The highest BCUT2D eigenvalue weighted by molar-refractivity contribution is 6.47. The predicted molar refractivity (Wildman–Crippen MR) is 113 cm³/mol. The van der Waals surface area contributed by atoms with Crippen LogP contribution in [0.5, 0.6) is 5.75 Å². The predicted octanol–water partition coefficient (Wildman–Crippen LogP) is 3.53. The molecule has 7 nitrogen and oxygen atoms in total. The summed E-state index contributed by atoms with van der Waals surface area (Å²) in [4.78, 5) is 24.3. The molecule has 2 N–H and O–H groups in total. The zero-order valence-electron chi connectivity index (χ0n) is 17.1. The first kappa shape index (κ1) is 20.9. The Morgan fingerprint density at radius 2 is 1.97 bits per heavy atom. The van der Waals surface area contributed by atoms with Crippen molar-refractivity contribution in [2.75, 3.05) is 0 Å². The third kappa shape index (κ3) is 4.69. The molecule has 31 heavy (non-hydrogen) atoms. The maximum atomic E-state index is 12.9. The summed E-state index contributed by atoms with van der Waals surface area (Å²) in [5.41, 5.74) is 3.15. The van der Waals surface area contributed by atoms with Crippen molar-refractivity contribution in [3.05, 3.63) is 82.2 Å². The van der Waals surface area contributed by atoms with Crippen LogP contribution in [-0.2, 0) is 19.3 Å². The van der Waals surface area contributed by atoms with E-state index in [1.807, 2.05) is 31.2 Å². The zero-order chi connectivity index (χ0) is 22.0. The number of benzene rings is 2. The summed E-state index contributed by atoms with van der Waals surface area (Å²) in [5.74, 6) is -0.716. The van der Waals surface area contributed by atoms with Crippen LogP contribution in [0, 0.1) is 6.92 Å². The molecule has 0 spiro atoms. The Kier molecular flexibility index (Phi) is 5.91. The zero-order valence-corrected chi connectivity index (χ0v) is 17.1. The van der Waals surface area contributed by atoms with Gasteiger partial charge in [0.05, 0.1) is 11.3 Å². The largest absolute Gasteiger partial charge is 0.535 e. The average Bonchev–Trinajstić information content (AvgIpc) is 3.17. The second-order valence-corrected chi connectivity index (χ2v) is 7.83. The van der Waals surface area contributed by atoms with Gasteiger partial charge in [0.15, 0.2) is 5.78 Å². The van der Waals surface area contributed by atoms with Crippen LogP contribution in [0.1, 0.15) is 49.7 Å². The van der Waals surface area contributed by atoms with E-state index < -0.39 is 18.9 Å².